The van der Waals surface area contributed by atoms with Crippen LogP contribution in [0.4, 0.5) is 0 Å². The lowest BCUT2D eigenvalue weighted by atomic mass is 10.1. The number of ether oxygens (including phenoxy) is 3. The van der Waals surface area contributed by atoms with Crippen molar-refractivity contribution in [2.45, 2.75) is 23.6 Å². The highest BCUT2D eigenvalue weighted by Crippen LogP contribution is 2.34. The molecular formula is C20H25N3O5S. The quantitative estimate of drug-likeness (QED) is 0.700. The van der Waals surface area contributed by atoms with E-state index in [0.717, 1.165) is 12.1 Å². The molecule has 0 unspecified atom stereocenters. The van der Waals surface area contributed by atoms with E-state index in [2.05, 4.69) is 9.88 Å². The fourth-order valence-electron chi connectivity index (χ4n) is 3.97. The van der Waals surface area contributed by atoms with Gasteiger partial charge in [0.15, 0.2) is 0 Å². The summed E-state index contributed by atoms with van der Waals surface area (Å²) in [5.41, 5.74) is 1.10. The molecule has 0 spiro atoms. The fourth-order valence-corrected chi connectivity index (χ4v) is 5.61. The largest absolute Gasteiger partial charge is 0.497 e. The van der Waals surface area contributed by atoms with Crippen LogP contribution in [-0.2, 0) is 21.3 Å². The summed E-state index contributed by atoms with van der Waals surface area (Å²) in [7, 11) is -0.791. The molecule has 0 amide bonds. The number of hydrogen-bond acceptors (Lipinski definition) is 7. The summed E-state index contributed by atoms with van der Waals surface area (Å²) < 4.78 is 44.7. The summed E-state index contributed by atoms with van der Waals surface area (Å²) in [5, 5.41) is 0. The number of fused-ring (bicyclic) bond motifs is 1. The molecule has 1 aromatic carbocycles. The van der Waals surface area contributed by atoms with E-state index in [1.165, 1.54) is 24.6 Å². The van der Waals surface area contributed by atoms with Crippen molar-refractivity contribution >= 4 is 10.0 Å². The van der Waals surface area contributed by atoms with Gasteiger partial charge in [-0.1, -0.05) is 6.07 Å². The molecule has 2 aliphatic heterocycles. The summed E-state index contributed by atoms with van der Waals surface area (Å²) in [6, 6.07) is 8.73. The van der Waals surface area contributed by atoms with Gasteiger partial charge in [0.1, 0.15) is 16.4 Å². The Morgan fingerprint density at radius 1 is 1.21 bits per heavy atom. The molecule has 8 nitrogen and oxygen atoms in total. The maximum absolute atomic E-state index is 13.4. The van der Waals surface area contributed by atoms with Crippen LogP contribution in [0.1, 0.15) is 5.56 Å². The number of pyridine rings is 1. The van der Waals surface area contributed by atoms with Crippen molar-refractivity contribution in [2.75, 3.05) is 40.5 Å². The molecule has 1 aromatic heterocycles. The van der Waals surface area contributed by atoms with Gasteiger partial charge in [-0.15, -0.1) is 0 Å². The van der Waals surface area contributed by atoms with E-state index in [1.807, 2.05) is 18.3 Å². The zero-order valence-electron chi connectivity index (χ0n) is 16.5. The number of morpholine rings is 1. The second-order valence-electron chi connectivity index (χ2n) is 7.15. The maximum Gasteiger partial charge on any atom is 0.247 e. The monoisotopic (exact) mass is 419 g/mol. The van der Waals surface area contributed by atoms with Crippen LogP contribution in [0.25, 0.3) is 0 Å². The second kappa shape index (κ2) is 8.27. The Morgan fingerprint density at radius 2 is 2.07 bits per heavy atom. The van der Waals surface area contributed by atoms with Gasteiger partial charge in [0, 0.05) is 44.6 Å². The molecule has 2 aliphatic rings. The number of rotatable bonds is 6. The van der Waals surface area contributed by atoms with E-state index in [0.29, 0.717) is 37.7 Å². The Balaban J connectivity index is 1.58. The molecule has 29 heavy (non-hydrogen) atoms. The molecule has 0 aliphatic carbocycles. The molecule has 3 heterocycles. The molecule has 2 saturated heterocycles. The van der Waals surface area contributed by atoms with E-state index in [4.69, 9.17) is 14.2 Å². The van der Waals surface area contributed by atoms with Crippen LogP contribution in [0.3, 0.4) is 0 Å². The Kier molecular flexibility index (Phi) is 5.73. The van der Waals surface area contributed by atoms with Gasteiger partial charge in [-0.05, 0) is 23.8 Å². The molecule has 2 aromatic rings. The van der Waals surface area contributed by atoms with Crippen molar-refractivity contribution in [2.24, 2.45) is 0 Å². The highest BCUT2D eigenvalue weighted by Gasteiger charge is 2.45. The van der Waals surface area contributed by atoms with Gasteiger partial charge in [0.2, 0.25) is 10.0 Å². The Labute approximate surface area is 171 Å². The maximum atomic E-state index is 13.4. The van der Waals surface area contributed by atoms with Crippen molar-refractivity contribution in [3.8, 4) is 11.5 Å². The number of sulfonamides is 1. The third-order valence-corrected chi connectivity index (χ3v) is 7.33. The smallest absolute Gasteiger partial charge is 0.247 e. The van der Waals surface area contributed by atoms with E-state index in [9.17, 15) is 8.42 Å². The predicted octanol–water partition coefficient (Wildman–Crippen LogP) is 1.37. The van der Waals surface area contributed by atoms with Crippen LogP contribution < -0.4 is 9.47 Å². The van der Waals surface area contributed by atoms with E-state index in [-0.39, 0.29) is 17.0 Å². The van der Waals surface area contributed by atoms with Gasteiger partial charge >= 0.3 is 0 Å². The Morgan fingerprint density at radius 3 is 2.79 bits per heavy atom. The molecule has 2 atom stereocenters. The van der Waals surface area contributed by atoms with Gasteiger partial charge in [-0.2, -0.15) is 4.31 Å². The zero-order valence-corrected chi connectivity index (χ0v) is 17.3. The molecular weight excluding hydrogens is 394 g/mol. The van der Waals surface area contributed by atoms with Gasteiger partial charge in [-0.25, -0.2) is 8.42 Å². The van der Waals surface area contributed by atoms with Crippen LogP contribution in [0.15, 0.2) is 47.6 Å². The van der Waals surface area contributed by atoms with Crippen molar-refractivity contribution in [3.63, 3.8) is 0 Å². The minimum atomic E-state index is -3.76. The molecule has 0 N–H and O–H groups in total. The number of hydrogen-bond donors (Lipinski definition) is 0. The van der Waals surface area contributed by atoms with Gasteiger partial charge in [-0.3, -0.25) is 9.88 Å². The van der Waals surface area contributed by atoms with E-state index < -0.39 is 10.0 Å². The highest BCUT2D eigenvalue weighted by atomic mass is 32.2. The Bertz CT molecular complexity index is 954. The van der Waals surface area contributed by atoms with Crippen LogP contribution in [0.2, 0.25) is 0 Å². The molecule has 0 bridgehead atoms. The van der Waals surface area contributed by atoms with Gasteiger partial charge in [0.25, 0.3) is 0 Å². The number of methoxy groups -OCH3 is 2. The third kappa shape index (κ3) is 3.95. The summed E-state index contributed by atoms with van der Waals surface area (Å²) in [5.74, 6) is 0.768. The van der Waals surface area contributed by atoms with E-state index in [1.54, 1.807) is 18.3 Å². The molecule has 156 valence electrons. The zero-order chi connectivity index (χ0) is 20.4. The molecule has 4 rings (SSSR count). The summed E-state index contributed by atoms with van der Waals surface area (Å²) in [6.45, 7) is 2.74. The first-order chi connectivity index (χ1) is 14.0. The van der Waals surface area contributed by atoms with Crippen LogP contribution in [0, 0.1) is 0 Å². The van der Waals surface area contributed by atoms with Crippen molar-refractivity contribution in [1.82, 2.24) is 14.2 Å². The number of aromatic nitrogens is 1. The fraction of sp³-hybridized carbons (Fsp3) is 0.450. The topological polar surface area (TPSA) is 81.2 Å². The normalized spacial score (nSPS) is 23.0. The van der Waals surface area contributed by atoms with E-state index >= 15 is 0 Å². The summed E-state index contributed by atoms with van der Waals surface area (Å²) >= 11 is 0. The highest BCUT2D eigenvalue weighted by molar-refractivity contribution is 7.89. The number of nitrogens with zero attached hydrogens (tertiary/aromatic N) is 3. The van der Waals surface area contributed by atoms with Crippen LogP contribution in [-0.4, -0.2) is 75.2 Å². The average molecular weight is 420 g/mol. The summed E-state index contributed by atoms with van der Waals surface area (Å²) in [4.78, 5) is 6.56. The molecule has 0 radical (unpaired) electrons. The van der Waals surface area contributed by atoms with Crippen LogP contribution in [0.5, 0.6) is 11.5 Å². The van der Waals surface area contributed by atoms with Crippen molar-refractivity contribution in [3.05, 3.63) is 48.3 Å². The first-order valence-electron chi connectivity index (χ1n) is 9.49. The lowest BCUT2D eigenvalue weighted by Gasteiger charge is -2.36. The third-order valence-electron chi connectivity index (χ3n) is 5.48. The standard InChI is InChI=1S/C20H25N3O5S/c1-26-16-5-6-18(27-2)20(10-16)29(24,25)23-13-17-19(14-23)28-9-8-22(17)12-15-4-3-7-21-11-15/h3-7,10-11,17,19H,8-9,12-14H2,1-2H3/t17-,19-/m0/s1. The summed E-state index contributed by atoms with van der Waals surface area (Å²) in [6.07, 6.45) is 3.43. The first kappa shape index (κ1) is 20.1. The average Bonchev–Trinajstić information content (AvgIpc) is 3.20. The SMILES string of the molecule is COc1ccc(OC)c(S(=O)(=O)N2C[C@@H]3OCCN(Cc4cccnc4)[C@H]3C2)c1. The van der Waals surface area contributed by atoms with Crippen molar-refractivity contribution < 1.29 is 22.6 Å². The van der Waals surface area contributed by atoms with Gasteiger partial charge < -0.3 is 14.2 Å². The first-order valence-corrected chi connectivity index (χ1v) is 10.9. The molecule has 9 heteroatoms. The lowest BCUT2D eigenvalue weighted by molar-refractivity contribution is -0.0502. The predicted molar refractivity (Wildman–Crippen MR) is 106 cm³/mol. The minimum absolute atomic E-state index is 0.00432. The minimum Gasteiger partial charge on any atom is -0.497 e. The van der Waals surface area contributed by atoms with Crippen LogP contribution >= 0.6 is 0 Å². The second-order valence-corrected chi connectivity index (χ2v) is 9.05. The number of benzene rings is 1. The lowest BCUT2D eigenvalue weighted by Crippen LogP contribution is -2.50. The molecule has 0 saturated carbocycles. The van der Waals surface area contributed by atoms with Crippen molar-refractivity contribution in [1.29, 1.82) is 0 Å². The van der Waals surface area contributed by atoms with Gasteiger partial charge in [0.05, 0.1) is 33.0 Å². The Hall–Kier alpha value is -2.20. The molecule has 2 fully saturated rings.